The molecule has 0 radical (unpaired) electrons. The van der Waals surface area contributed by atoms with Gasteiger partial charge in [0.05, 0.1) is 12.2 Å². The van der Waals surface area contributed by atoms with Gasteiger partial charge in [-0.15, -0.1) is 0 Å². The summed E-state index contributed by atoms with van der Waals surface area (Å²) in [5, 5.41) is 15.5. The quantitative estimate of drug-likeness (QED) is 0.542. The molecule has 0 aliphatic rings. The number of carbonyl (C=O) groups is 1. The van der Waals surface area contributed by atoms with Crippen molar-refractivity contribution in [2.75, 3.05) is 0 Å². The Hall–Kier alpha value is -3.34. The van der Waals surface area contributed by atoms with Crippen molar-refractivity contribution in [3.05, 3.63) is 77.1 Å². The van der Waals surface area contributed by atoms with E-state index in [0.717, 1.165) is 34.3 Å². The topological polar surface area (TPSA) is 60.1 Å². The van der Waals surface area contributed by atoms with Crippen molar-refractivity contribution in [1.29, 1.82) is 0 Å². The van der Waals surface area contributed by atoms with Gasteiger partial charge in [-0.2, -0.15) is 5.10 Å². The van der Waals surface area contributed by atoms with Crippen LogP contribution in [-0.2, 0) is 13.1 Å². The first-order valence-corrected chi connectivity index (χ1v) is 9.44. The summed E-state index contributed by atoms with van der Waals surface area (Å²) in [4.78, 5) is 11.9. The third kappa shape index (κ3) is 2.99. The second-order valence-electron chi connectivity index (χ2n) is 7.09. The predicted molar refractivity (Wildman–Crippen MR) is 111 cm³/mol. The molecule has 0 bridgehead atoms. The molecule has 2 aromatic carbocycles. The largest absolute Gasteiger partial charge is 0.477 e. The smallest absolute Gasteiger partial charge is 0.354 e. The van der Waals surface area contributed by atoms with Gasteiger partial charge in [0.2, 0.25) is 0 Å². The maximum Gasteiger partial charge on any atom is 0.354 e. The number of benzene rings is 2. The summed E-state index contributed by atoms with van der Waals surface area (Å²) in [6.45, 7) is 7.53. The summed E-state index contributed by atoms with van der Waals surface area (Å²) in [6.07, 6.45) is 0. The highest BCUT2D eigenvalue weighted by molar-refractivity contribution is 5.98. The van der Waals surface area contributed by atoms with Crippen molar-refractivity contribution in [1.82, 2.24) is 14.3 Å². The van der Waals surface area contributed by atoms with Crippen LogP contribution in [0.1, 0.15) is 34.2 Å². The molecule has 0 spiro atoms. The number of aromatic carboxylic acids is 1. The molecule has 2 heterocycles. The van der Waals surface area contributed by atoms with Gasteiger partial charge in [0.1, 0.15) is 5.69 Å². The van der Waals surface area contributed by atoms with Gasteiger partial charge in [-0.25, -0.2) is 4.79 Å². The second kappa shape index (κ2) is 7.00. The van der Waals surface area contributed by atoms with Crippen LogP contribution in [0.15, 0.2) is 54.6 Å². The summed E-state index contributed by atoms with van der Waals surface area (Å²) >= 11 is 0. The molecule has 0 fully saturated rings. The third-order valence-corrected chi connectivity index (χ3v) is 5.23. The zero-order chi connectivity index (χ0) is 19.8. The summed E-state index contributed by atoms with van der Waals surface area (Å²) in [5.41, 5.74) is 6.35. The van der Waals surface area contributed by atoms with Gasteiger partial charge in [-0.1, -0.05) is 42.0 Å². The van der Waals surface area contributed by atoms with Gasteiger partial charge >= 0.3 is 5.97 Å². The molecule has 4 aromatic rings. The van der Waals surface area contributed by atoms with Crippen LogP contribution in [0.3, 0.4) is 0 Å². The molecule has 2 aromatic heterocycles. The SMILES string of the molecule is CCn1c(C)c(-c2cc(C(=O)O)n(Cc3ccccc3)n2)c2cc(C)ccc21. The van der Waals surface area contributed by atoms with E-state index in [1.807, 2.05) is 30.3 Å². The molecule has 1 N–H and O–H groups in total. The molecule has 0 saturated heterocycles. The third-order valence-electron chi connectivity index (χ3n) is 5.23. The maximum atomic E-state index is 11.9. The highest BCUT2D eigenvalue weighted by Crippen LogP contribution is 2.35. The van der Waals surface area contributed by atoms with Crippen LogP contribution in [0, 0.1) is 13.8 Å². The normalized spacial score (nSPS) is 11.2. The van der Waals surface area contributed by atoms with Crippen molar-refractivity contribution in [3.8, 4) is 11.3 Å². The fourth-order valence-electron chi connectivity index (χ4n) is 3.91. The molecule has 142 valence electrons. The lowest BCUT2D eigenvalue weighted by molar-refractivity contribution is 0.0684. The molecule has 0 unspecified atom stereocenters. The highest BCUT2D eigenvalue weighted by Gasteiger charge is 2.21. The summed E-state index contributed by atoms with van der Waals surface area (Å²) in [7, 11) is 0. The Morgan fingerprint density at radius 1 is 1.07 bits per heavy atom. The Morgan fingerprint density at radius 2 is 1.82 bits per heavy atom. The fourth-order valence-corrected chi connectivity index (χ4v) is 3.91. The number of rotatable bonds is 5. The molecule has 4 rings (SSSR count). The van der Waals surface area contributed by atoms with E-state index < -0.39 is 5.97 Å². The molecule has 0 amide bonds. The summed E-state index contributed by atoms with van der Waals surface area (Å²) in [5.74, 6) is -0.970. The van der Waals surface area contributed by atoms with E-state index in [2.05, 4.69) is 43.5 Å². The lowest BCUT2D eigenvalue weighted by Crippen LogP contribution is -2.10. The first kappa shape index (κ1) is 18.0. The number of carboxylic acids is 1. The first-order chi connectivity index (χ1) is 13.5. The standard InChI is InChI=1S/C23H23N3O2/c1-4-25-16(3)22(18-12-15(2)10-11-20(18)25)19-13-21(23(27)28)26(24-19)14-17-8-6-5-7-9-17/h5-13H,4,14H2,1-3H3,(H,27,28). The van der Waals surface area contributed by atoms with E-state index in [-0.39, 0.29) is 5.69 Å². The van der Waals surface area contributed by atoms with E-state index in [9.17, 15) is 9.90 Å². The lowest BCUT2D eigenvalue weighted by atomic mass is 10.1. The van der Waals surface area contributed by atoms with Crippen molar-refractivity contribution in [2.24, 2.45) is 0 Å². The van der Waals surface area contributed by atoms with Crippen molar-refractivity contribution in [3.63, 3.8) is 0 Å². The number of carboxylic acid groups (broad SMARTS) is 1. The number of hydrogen-bond acceptors (Lipinski definition) is 2. The lowest BCUT2D eigenvalue weighted by Gasteiger charge is -2.05. The van der Waals surface area contributed by atoms with E-state index in [1.165, 1.54) is 5.56 Å². The average molecular weight is 373 g/mol. The zero-order valence-corrected chi connectivity index (χ0v) is 16.3. The Morgan fingerprint density at radius 3 is 2.50 bits per heavy atom. The van der Waals surface area contributed by atoms with Crippen molar-refractivity contribution >= 4 is 16.9 Å². The Labute approximate surface area is 163 Å². The highest BCUT2D eigenvalue weighted by atomic mass is 16.4. The monoisotopic (exact) mass is 373 g/mol. The van der Waals surface area contributed by atoms with Crippen LogP contribution in [0.25, 0.3) is 22.2 Å². The Bertz CT molecular complexity index is 1170. The zero-order valence-electron chi connectivity index (χ0n) is 16.3. The first-order valence-electron chi connectivity index (χ1n) is 9.44. The van der Waals surface area contributed by atoms with Crippen molar-refractivity contribution in [2.45, 2.75) is 33.9 Å². The second-order valence-corrected chi connectivity index (χ2v) is 7.09. The average Bonchev–Trinajstić information content (AvgIpc) is 3.20. The van der Waals surface area contributed by atoms with E-state index in [1.54, 1.807) is 10.7 Å². The minimum absolute atomic E-state index is 0.198. The molecule has 0 atom stereocenters. The molecule has 28 heavy (non-hydrogen) atoms. The molecular formula is C23H23N3O2. The minimum atomic E-state index is -0.970. The molecule has 5 heteroatoms. The van der Waals surface area contributed by atoms with Crippen LogP contribution >= 0.6 is 0 Å². The maximum absolute atomic E-state index is 11.9. The molecule has 0 aliphatic carbocycles. The van der Waals surface area contributed by atoms with Gasteiger partial charge in [0.25, 0.3) is 0 Å². The van der Waals surface area contributed by atoms with Crippen LogP contribution < -0.4 is 0 Å². The molecule has 0 aliphatic heterocycles. The number of fused-ring (bicyclic) bond motifs is 1. The number of hydrogen-bond donors (Lipinski definition) is 1. The van der Waals surface area contributed by atoms with E-state index >= 15 is 0 Å². The van der Waals surface area contributed by atoms with Gasteiger partial charge in [-0.05, 0) is 44.5 Å². The van der Waals surface area contributed by atoms with Crippen LogP contribution in [0.5, 0.6) is 0 Å². The Kier molecular flexibility index (Phi) is 4.51. The van der Waals surface area contributed by atoms with Crippen LogP contribution in [0.2, 0.25) is 0 Å². The molecule has 0 saturated carbocycles. The van der Waals surface area contributed by atoms with Crippen LogP contribution in [0.4, 0.5) is 0 Å². The fraction of sp³-hybridized carbons (Fsp3) is 0.217. The number of nitrogens with zero attached hydrogens (tertiary/aromatic N) is 3. The van der Waals surface area contributed by atoms with Gasteiger partial charge in [-0.3, -0.25) is 4.68 Å². The summed E-state index contributed by atoms with van der Waals surface area (Å²) in [6, 6.07) is 17.9. The summed E-state index contributed by atoms with van der Waals surface area (Å²) < 4.78 is 3.83. The number of aromatic nitrogens is 3. The minimum Gasteiger partial charge on any atom is -0.477 e. The number of aryl methyl sites for hydroxylation is 2. The van der Waals surface area contributed by atoms with Gasteiger partial charge < -0.3 is 9.67 Å². The Balaban J connectivity index is 1.91. The molecular weight excluding hydrogens is 350 g/mol. The van der Waals surface area contributed by atoms with Gasteiger partial charge in [0.15, 0.2) is 0 Å². The van der Waals surface area contributed by atoms with E-state index in [4.69, 9.17) is 5.10 Å². The van der Waals surface area contributed by atoms with E-state index in [0.29, 0.717) is 12.2 Å². The molecule has 5 nitrogen and oxygen atoms in total. The van der Waals surface area contributed by atoms with Crippen molar-refractivity contribution < 1.29 is 9.90 Å². The van der Waals surface area contributed by atoms with Crippen LogP contribution in [-0.4, -0.2) is 25.4 Å². The predicted octanol–water partition coefficient (Wildman–Crippen LogP) is 4.89. The van der Waals surface area contributed by atoms with Gasteiger partial charge in [0, 0.05) is 28.7 Å².